The number of amides is 1. The van der Waals surface area contributed by atoms with E-state index in [1.54, 1.807) is 11.1 Å². The molecule has 0 bridgehead atoms. The van der Waals surface area contributed by atoms with E-state index in [2.05, 4.69) is 15.6 Å². The molecule has 158 valence electrons. The standard InChI is InChI=1S/C23H23N5O3/c1-2-30-18-10-8-16(9-11-18)19-14-20-23(29)27(12-13-28(20)25-19)15-21-24-22(26-31-21)17-6-4-3-5-7-17/h3-13,19-20,25H,2,14-15H2,1H3. The molecule has 3 heterocycles. The molecule has 2 unspecified atom stereocenters. The molecule has 0 radical (unpaired) electrons. The van der Waals surface area contributed by atoms with E-state index in [0.717, 1.165) is 16.9 Å². The number of fused-ring (bicyclic) bond motifs is 1. The molecular weight excluding hydrogens is 394 g/mol. The number of hydrazine groups is 1. The molecule has 0 aliphatic carbocycles. The van der Waals surface area contributed by atoms with Crippen molar-refractivity contribution < 1.29 is 14.1 Å². The van der Waals surface area contributed by atoms with Crippen LogP contribution >= 0.6 is 0 Å². The number of nitrogens with zero attached hydrogens (tertiary/aromatic N) is 4. The van der Waals surface area contributed by atoms with E-state index in [1.807, 2.05) is 72.7 Å². The fraction of sp³-hybridized carbons (Fsp3) is 0.261. The second-order valence-corrected chi connectivity index (χ2v) is 7.48. The van der Waals surface area contributed by atoms with Crippen molar-refractivity contribution in [3.05, 3.63) is 78.5 Å². The number of benzene rings is 2. The van der Waals surface area contributed by atoms with Crippen molar-refractivity contribution in [2.75, 3.05) is 6.61 Å². The van der Waals surface area contributed by atoms with Crippen molar-refractivity contribution in [2.24, 2.45) is 0 Å². The Morgan fingerprint density at radius 2 is 1.94 bits per heavy atom. The molecule has 2 aliphatic heterocycles. The maximum atomic E-state index is 13.1. The second kappa shape index (κ2) is 8.23. The maximum Gasteiger partial charge on any atom is 0.251 e. The Morgan fingerprint density at radius 1 is 1.13 bits per heavy atom. The summed E-state index contributed by atoms with van der Waals surface area (Å²) in [5.74, 6) is 1.77. The number of rotatable bonds is 6. The average Bonchev–Trinajstić information content (AvgIpc) is 3.45. The van der Waals surface area contributed by atoms with Gasteiger partial charge >= 0.3 is 0 Å². The van der Waals surface area contributed by atoms with Crippen molar-refractivity contribution >= 4 is 5.91 Å². The summed E-state index contributed by atoms with van der Waals surface area (Å²) in [6.45, 7) is 2.84. The van der Waals surface area contributed by atoms with E-state index in [0.29, 0.717) is 24.7 Å². The minimum atomic E-state index is -0.280. The summed E-state index contributed by atoms with van der Waals surface area (Å²) in [5.41, 5.74) is 5.41. The molecule has 2 aliphatic rings. The summed E-state index contributed by atoms with van der Waals surface area (Å²) < 4.78 is 10.9. The molecule has 1 amide bonds. The predicted octanol–water partition coefficient (Wildman–Crippen LogP) is 3.27. The van der Waals surface area contributed by atoms with Crippen LogP contribution in [0.25, 0.3) is 11.4 Å². The number of aromatic nitrogens is 2. The van der Waals surface area contributed by atoms with Crippen LogP contribution < -0.4 is 10.2 Å². The Labute approximate surface area is 180 Å². The zero-order valence-electron chi connectivity index (χ0n) is 17.1. The Kier molecular flexibility index (Phi) is 5.13. The van der Waals surface area contributed by atoms with Gasteiger partial charge in [-0.3, -0.25) is 4.79 Å². The number of carbonyl (C=O) groups excluding carboxylic acids is 1. The number of hydrogen-bond acceptors (Lipinski definition) is 7. The van der Waals surface area contributed by atoms with Crippen LogP contribution in [-0.4, -0.2) is 38.6 Å². The fourth-order valence-electron chi connectivity index (χ4n) is 3.92. The molecule has 2 atom stereocenters. The van der Waals surface area contributed by atoms with Crippen molar-refractivity contribution in [3.63, 3.8) is 0 Å². The number of hydrogen-bond donors (Lipinski definition) is 1. The Bertz CT molecular complexity index is 1080. The highest BCUT2D eigenvalue weighted by molar-refractivity contribution is 5.84. The lowest BCUT2D eigenvalue weighted by molar-refractivity contribution is -0.135. The molecule has 1 fully saturated rings. The molecule has 31 heavy (non-hydrogen) atoms. The first-order chi connectivity index (χ1) is 15.2. The zero-order valence-corrected chi connectivity index (χ0v) is 17.1. The molecule has 0 saturated carbocycles. The molecule has 2 aromatic carbocycles. The average molecular weight is 417 g/mol. The largest absolute Gasteiger partial charge is 0.494 e. The summed E-state index contributed by atoms with van der Waals surface area (Å²) in [5, 5.41) is 5.91. The zero-order chi connectivity index (χ0) is 21.2. The highest BCUT2D eigenvalue weighted by Crippen LogP contribution is 2.32. The van der Waals surface area contributed by atoms with Crippen LogP contribution in [0.4, 0.5) is 0 Å². The second-order valence-electron chi connectivity index (χ2n) is 7.48. The molecule has 1 saturated heterocycles. The first kappa shape index (κ1) is 19.3. The molecule has 0 spiro atoms. The number of carbonyl (C=O) groups is 1. The summed E-state index contributed by atoms with van der Waals surface area (Å²) in [6.07, 6.45) is 4.31. The minimum absolute atomic E-state index is 0.00268. The molecule has 8 nitrogen and oxygen atoms in total. The quantitative estimate of drug-likeness (QED) is 0.659. The van der Waals surface area contributed by atoms with Gasteiger partial charge in [-0.15, -0.1) is 0 Å². The van der Waals surface area contributed by atoms with Gasteiger partial charge in [-0.2, -0.15) is 4.98 Å². The Hall–Kier alpha value is -3.65. The Morgan fingerprint density at radius 3 is 2.71 bits per heavy atom. The highest BCUT2D eigenvalue weighted by atomic mass is 16.5. The van der Waals surface area contributed by atoms with E-state index >= 15 is 0 Å². The molecule has 5 rings (SSSR count). The van der Waals surface area contributed by atoms with Gasteiger partial charge in [0.2, 0.25) is 11.7 Å². The van der Waals surface area contributed by atoms with Crippen LogP contribution in [0, 0.1) is 0 Å². The lowest BCUT2D eigenvalue weighted by Crippen LogP contribution is -2.47. The van der Waals surface area contributed by atoms with Gasteiger partial charge in [-0.25, -0.2) is 5.43 Å². The smallest absolute Gasteiger partial charge is 0.251 e. The van der Waals surface area contributed by atoms with Crippen LogP contribution in [0.5, 0.6) is 5.75 Å². The van der Waals surface area contributed by atoms with Gasteiger partial charge in [0.25, 0.3) is 5.91 Å². The Balaban J connectivity index is 1.25. The molecule has 1 N–H and O–H groups in total. The summed E-state index contributed by atoms with van der Waals surface area (Å²) in [4.78, 5) is 19.2. The van der Waals surface area contributed by atoms with Crippen LogP contribution in [0.2, 0.25) is 0 Å². The maximum absolute atomic E-state index is 13.1. The normalized spacial score (nSPS) is 20.2. The lowest BCUT2D eigenvalue weighted by atomic mass is 10.0. The van der Waals surface area contributed by atoms with Crippen molar-refractivity contribution in [1.29, 1.82) is 0 Å². The number of nitrogens with one attached hydrogen (secondary N) is 1. The van der Waals surface area contributed by atoms with Crippen molar-refractivity contribution in [2.45, 2.75) is 32.0 Å². The molecule has 3 aromatic rings. The van der Waals surface area contributed by atoms with Crippen LogP contribution in [-0.2, 0) is 11.3 Å². The highest BCUT2D eigenvalue weighted by Gasteiger charge is 2.40. The molecule has 1 aromatic heterocycles. The SMILES string of the molecule is CCOc1ccc(C2CC3C(=O)N(Cc4nc(-c5ccccc5)no4)C=CN3N2)cc1. The topological polar surface area (TPSA) is 83.7 Å². The van der Waals surface area contributed by atoms with E-state index in [4.69, 9.17) is 9.26 Å². The van der Waals surface area contributed by atoms with Gasteiger partial charge in [0.15, 0.2) is 0 Å². The van der Waals surface area contributed by atoms with E-state index in [9.17, 15) is 4.79 Å². The van der Waals surface area contributed by atoms with Gasteiger partial charge < -0.3 is 19.2 Å². The fourth-order valence-corrected chi connectivity index (χ4v) is 3.92. The van der Waals surface area contributed by atoms with Crippen LogP contribution in [0.15, 0.2) is 71.5 Å². The van der Waals surface area contributed by atoms with Crippen molar-refractivity contribution in [1.82, 2.24) is 25.5 Å². The predicted molar refractivity (Wildman–Crippen MR) is 113 cm³/mol. The van der Waals surface area contributed by atoms with Crippen LogP contribution in [0.3, 0.4) is 0 Å². The monoisotopic (exact) mass is 417 g/mol. The van der Waals surface area contributed by atoms with E-state index in [1.165, 1.54) is 0 Å². The minimum Gasteiger partial charge on any atom is -0.494 e. The molecule has 8 heteroatoms. The number of ether oxygens (including phenoxy) is 1. The van der Waals surface area contributed by atoms with Crippen molar-refractivity contribution in [3.8, 4) is 17.1 Å². The van der Waals surface area contributed by atoms with Gasteiger partial charge in [0.1, 0.15) is 18.3 Å². The van der Waals surface area contributed by atoms with Gasteiger partial charge in [-0.05, 0) is 31.0 Å². The summed E-state index contributed by atoms with van der Waals surface area (Å²) in [6, 6.07) is 17.4. The third kappa shape index (κ3) is 3.89. The lowest BCUT2D eigenvalue weighted by Gasteiger charge is -2.30. The van der Waals surface area contributed by atoms with Gasteiger partial charge in [0, 0.05) is 18.0 Å². The van der Waals surface area contributed by atoms with Crippen LogP contribution in [0.1, 0.15) is 30.8 Å². The van der Waals surface area contributed by atoms with E-state index < -0.39 is 0 Å². The first-order valence-electron chi connectivity index (χ1n) is 10.4. The first-order valence-corrected chi connectivity index (χ1v) is 10.4. The van der Waals surface area contributed by atoms with Gasteiger partial charge in [0.05, 0.1) is 12.6 Å². The third-order valence-electron chi connectivity index (χ3n) is 5.47. The van der Waals surface area contributed by atoms with E-state index in [-0.39, 0.29) is 24.5 Å². The molecular formula is C23H23N5O3. The third-order valence-corrected chi connectivity index (χ3v) is 5.47. The summed E-state index contributed by atoms with van der Waals surface area (Å²) in [7, 11) is 0. The summed E-state index contributed by atoms with van der Waals surface area (Å²) >= 11 is 0. The van der Waals surface area contributed by atoms with Gasteiger partial charge in [-0.1, -0.05) is 47.6 Å².